The van der Waals surface area contributed by atoms with Crippen LogP contribution in [0.5, 0.6) is 0 Å². The number of hydrogen-bond donors (Lipinski definition) is 1. The smallest absolute Gasteiger partial charge is 0.254 e. The molecule has 0 saturated carbocycles. The molecule has 1 N–H and O–H groups in total. The van der Waals surface area contributed by atoms with E-state index in [0.29, 0.717) is 40.5 Å². The lowest BCUT2D eigenvalue weighted by atomic mass is 9.94. The van der Waals surface area contributed by atoms with Crippen molar-refractivity contribution in [2.45, 2.75) is 32.2 Å². The maximum Gasteiger partial charge on any atom is 0.254 e. The number of nitrogens with one attached hydrogen (secondary N) is 1. The number of carbonyl (C=O) groups is 1. The molecular weight excluding hydrogens is 528 g/mol. The minimum Gasteiger partial charge on any atom is -0.323 e. The molecule has 5 aromatic rings. The summed E-state index contributed by atoms with van der Waals surface area (Å²) >= 11 is 6.32. The highest BCUT2D eigenvalue weighted by Gasteiger charge is 2.23. The molecule has 2 aromatic carbocycles. The Balaban J connectivity index is 1.44. The minimum absolute atomic E-state index is 0.0459. The summed E-state index contributed by atoms with van der Waals surface area (Å²) in [7, 11) is 1.85. The largest absolute Gasteiger partial charge is 0.323 e. The summed E-state index contributed by atoms with van der Waals surface area (Å²) in [5.74, 6) is -0.239. The molecule has 0 saturated heterocycles. The minimum atomic E-state index is -0.269. The first kappa shape index (κ1) is 25.7. The molecule has 1 aliphatic heterocycles. The van der Waals surface area contributed by atoms with E-state index in [-0.39, 0.29) is 23.4 Å². The van der Waals surface area contributed by atoms with Crippen LogP contribution in [-0.4, -0.2) is 40.2 Å². The van der Waals surface area contributed by atoms with Crippen molar-refractivity contribution in [2.24, 2.45) is 13.0 Å². The van der Waals surface area contributed by atoms with Crippen LogP contribution in [0.2, 0.25) is 5.02 Å². The summed E-state index contributed by atoms with van der Waals surface area (Å²) in [5.41, 5.74) is 5.04. The van der Waals surface area contributed by atoms with Gasteiger partial charge in [-0.15, -0.1) is 5.10 Å². The monoisotopic (exact) mass is 554 g/mol. The number of nitrogens with zero attached hydrogens (tertiary/aromatic N) is 7. The molecule has 202 valence electrons. The van der Waals surface area contributed by atoms with Gasteiger partial charge in [0.25, 0.3) is 5.56 Å². The van der Waals surface area contributed by atoms with Gasteiger partial charge in [0, 0.05) is 35.2 Å². The number of aryl methyl sites for hydroxylation is 1. The van der Waals surface area contributed by atoms with E-state index < -0.39 is 0 Å². The third kappa shape index (κ3) is 4.82. The van der Waals surface area contributed by atoms with Crippen LogP contribution in [-0.2, 0) is 11.8 Å². The van der Waals surface area contributed by atoms with Crippen LogP contribution in [0.4, 0.5) is 5.69 Å². The van der Waals surface area contributed by atoms with Crippen LogP contribution < -0.4 is 10.9 Å². The van der Waals surface area contributed by atoms with E-state index in [1.54, 1.807) is 51.0 Å². The highest BCUT2D eigenvalue weighted by Crippen LogP contribution is 2.34. The normalized spacial score (nSPS) is 17.4. The van der Waals surface area contributed by atoms with Crippen molar-refractivity contribution in [3.8, 4) is 28.2 Å². The maximum atomic E-state index is 13.7. The van der Waals surface area contributed by atoms with Gasteiger partial charge >= 0.3 is 0 Å². The van der Waals surface area contributed by atoms with Gasteiger partial charge in [-0.2, -0.15) is 5.10 Å². The molecule has 2 unspecified atom stereocenters. The molecule has 1 aliphatic rings. The molecule has 2 bridgehead atoms. The fourth-order valence-corrected chi connectivity index (χ4v) is 5.45. The Morgan fingerprint density at radius 2 is 1.95 bits per heavy atom. The zero-order chi connectivity index (χ0) is 27.8. The molecule has 11 heteroatoms. The predicted octanol–water partition coefficient (Wildman–Crippen LogP) is 4.89. The molecule has 40 heavy (non-hydrogen) atoms. The Hall–Kier alpha value is -4.57. The molecule has 0 aliphatic carbocycles. The first-order valence-electron chi connectivity index (χ1n) is 13.1. The first-order valence-corrected chi connectivity index (χ1v) is 13.4. The molecule has 10 nitrogen and oxygen atoms in total. The van der Waals surface area contributed by atoms with E-state index in [4.69, 9.17) is 16.6 Å². The van der Waals surface area contributed by atoms with E-state index >= 15 is 0 Å². The summed E-state index contributed by atoms with van der Waals surface area (Å²) in [6.07, 6.45) is 8.68. The second-order valence-electron chi connectivity index (χ2n) is 10.0. The quantitative estimate of drug-likeness (QED) is 0.340. The SMILES string of the molecule is CC1CCCC(n2cnc(-c3cc(Cl)ccc3-n3ccnn3)cc2=O)c2cccc(c2)-c2c(cnn2C)NC1=O. The van der Waals surface area contributed by atoms with Crippen molar-refractivity contribution in [1.29, 1.82) is 0 Å². The highest BCUT2D eigenvalue weighted by molar-refractivity contribution is 6.31. The Bertz CT molecular complexity index is 1760. The van der Waals surface area contributed by atoms with Gasteiger partial charge in [0.05, 0.1) is 53.7 Å². The number of aromatic nitrogens is 7. The van der Waals surface area contributed by atoms with E-state index in [1.165, 1.54) is 6.07 Å². The zero-order valence-corrected chi connectivity index (χ0v) is 22.8. The molecule has 0 radical (unpaired) electrons. The fourth-order valence-electron chi connectivity index (χ4n) is 5.28. The second-order valence-corrected chi connectivity index (χ2v) is 10.5. The van der Waals surface area contributed by atoms with Crippen molar-refractivity contribution in [3.05, 3.63) is 94.4 Å². The average molecular weight is 555 g/mol. The van der Waals surface area contributed by atoms with Gasteiger partial charge < -0.3 is 5.32 Å². The van der Waals surface area contributed by atoms with Gasteiger partial charge in [0.2, 0.25) is 5.91 Å². The molecule has 3 aromatic heterocycles. The Morgan fingerprint density at radius 1 is 1.07 bits per heavy atom. The Kier molecular flexibility index (Phi) is 6.77. The van der Waals surface area contributed by atoms with Gasteiger partial charge in [-0.25, -0.2) is 9.67 Å². The highest BCUT2D eigenvalue weighted by atomic mass is 35.5. The lowest BCUT2D eigenvalue weighted by molar-refractivity contribution is -0.119. The van der Waals surface area contributed by atoms with Crippen molar-refractivity contribution in [1.82, 2.24) is 34.3 Å². The third-order valence-electron chi connectivity index (χ3n) is 7.38. The number of carbonyl (C=O) groups excluding carboxylic acids is 1. The molecule has 0 fully saturated rings. The number of hydrogen-bond acceptors (Lipinski definition) is 6. The van der Waals surface area contributed by atoms with Crippen LogP contribution in [0.25, 0.3) is 28.2 Å². The number of anilines is 1. The summed E-state index contributed by atoms with van der Waals surface area (Å²) in [4.78, 5) is 31.3. The van der Waals surface area contributed by atoms with E-state index in [9.17, 15) is 9.59 Å². The average Bonchev–Trinajstić information content (AvgIpc) is 3.61. The maximum absolute atomic E-state index is 13.7. The predicted molar refractivity (Wildman–Crippen MR) is 152 cm³/mol. The van der Waals surface area contributed by atoms with E-state index in [0.717, 1.165) is 23.2 Å². The van der Waals surface area contributed by atoms with Crippen LogP contribution in [0.15, 0.2) is 78.2 Å². The third-order valence-corrected chi connectivity index (χ3v) is 7.61. The summed E-state index contributed by atoms with van der Waals surface area (Å²) < 4.78 is 5.03. The van der Waals surface area contributed by atoms with Gasteiger partial charge in [-0.3, -0.25) is 18.8 Å². The van der Waals surface area contributed by atoms with Gasteiger partial charge in [0.15, 0.2) is 0 Å². The number of benzene rings is 2. The molecule has 6 rings (SSSR count). The van der Waals surface area contributed by atoms with Gasteiger partial charge in [0.1, 0.15) is 0 Å². The number of amides is 1. The van der Waals surface area contributed by atoms with Crippen LogP contribution in [0.1, 0.15) is 37.8 Å². The van der Waals surface area contributed by atoms with Crippen LogP contribution >= 0.6 is 11.6 Å². The second kappa shape index (κ2) is 10.5. The van der Waals surface area contributed by atoms with Crippen LogP contribution in [0, 0.1) is 5.92 Å². The molecular formula is C29H27ClN8O2. The number of rotatable bonds is 3. The summed E-state index contributed by atoms with van der Waals surface area (Å²) in [6.45, 7) is 1.92. The fraction of sp³-hybridized carbons (Fsp3) is 0.241. The lowest BCUT2D eigenvalue weighted by Gasteiger charge is -2.23. The van der Waals surface area contributed by atoms with Gasteiger partial charge in [-0.05, 0) is 42.7 Å². The standard InChI is InChI=1S/C29H27ClN8O2/c1-18-5-3-8-25(19-6-4-7-20(13-19)28-24(34-29(18)40)16-33-36(28)2)37-17-31-23(15-27(37)39)22-14-21(30)9-10-26(22)38-12-11-32-35-38/h4,6-7,9-18,25H,3,5,8H2,1-2H3,(H,34,40). The lowest BCUT2D eigenvalue weighted by Crippen LogP contribution is -2.26. The van der Waals surface area contributed by atoms with Crippen LogP contribution in [0.3, 0.4) is 0 Å². The van der Waals surface area contributed by atoms with Crippen molar-refractivity contribution >= 4 is 23.2 Å². The number of halogens is 1. The summed E-state index contributed by atoms with van der Waals surface area (Å²) in [5, 5.41) is 15.9. The summed E-state index contributed by atoms with van der Waals surface area (Å²) in [6, 6.07) is 14.6. The number of fused-ring (bicyclic) bond motifs is 4. The Labute approximate surface area is 235 Å². The van der Waals surface area contributed by atoms with E-state index in [1.807, 2.05) is 38.2 Å². The first-order chi connectivity index (χ1) is 19.4. The molecule has 4 heterocycles. The Morgan fingerprint density at radius 3 is 2.75 bits per heavy atom. The van der Waals surface area contributed by atoms with Crippen molar-refractivity contribution in [2.75, 3.05) is 5.32 Å². The zero-order valence-electron chi connectivity index (χ0n) is 22.0. The van der Waals surface area contributed by atoms with Crippen molar-refractivity contribution < 1.29 is 4.79 Å². The molecule has 1 amide bonds. The topological polar surface area (TPSA) is 113 Å². The molecule has 0 spiro atoms. The van der Waals surface area contributed by atoms with Gasteiger partial charge in [-0.1, -0.05) is 48.4 Å². The molecule has 2 atom stereocenters. The van der Waals surface area contributed by atoms with E-state index in [2.05, 4.69) is 26.8 Å². The van der Waals surface area contributed by atoms with Crippen molar-refractivity contribution in [3.63, 3.8) is 0 Å².